The Labute approximate surface area is 145 Å². The maximum absolute atomic E-state index is 12.1. The molecule has 24 heavy (non-hydrogen) atoms. The summed E-state index contributed by atoms with van der Waals surface area (Å²) in [7, 11) is 0. The van der Waals surface area contributed by atoms with E-state index in [0.29, 0.717) is 17.7 Å². The normalized spacial score (nSPS) is 11.3. The fourth-order valence-electron chi connectivity index (χ4n) is 2.29. The number of rotatable bonds is 6. The largest absolute Gasteiger partial charge is 0.351 e. The molecule has 1 aromatic heterocycles. The van der Waals surface area contributed by atoms with Gasteiger partial charge in [-0.15, -0.1) is 0 Å². The number of carbonyl (C=O) groups excluding carboxylic acids is 1. The number of benzene rings is 1. The molecule has 2 N–H and O–H groups in total. The number of nitriles is 1. The third-order valence-electron chi connectivity index (χ3n) is 3.40. The van der Waals surface area contributed by atoms with E-state index < -0.39 is 5.91 Å². The molecule has 0 unspecified atom stereocenters. The highest BCUT2D eigenvalue weighted by Crippen LogP contribution is 2.09. The van der Waals surface area contributed by atoms with E-state index in [1.807, 2.05) is 54.8 Å². The van der Waals surface area contributed by atoms with Gasteiger partial charge in [-0.1, -0.05) is 30.3 Å². The van der Waals surface area contributed by atoms with Crippen LogP contribution in [0, 0.1) is 16.1 Å². The Morgan fingerprint density at radius 1 is 1.46 bits per heavy atom. The van der Waals surface area contributed by atoms with E-state index in [-0.39, 0.29) is 11.6 Å². The van der Waals surface area contributed by atoms with Crippen molar-refractivity contribution in [3.05, 3.63) is 52.1 Å². The quantitative estimate of drug-likeness (QED) is 0.480. The number of aromatic amines is 1. The van der Waals surface area contributed by atoms with Crippen molar-refractivity contribution in [2.45, 2.75) is 26.3 Å². The van der Waals surface area contributed by atoms with Gasteiger partial charge < -0.3 is 9.88 Å². The summed E-state index contributed by atoms with van der Waals surface area (Å²) in [6.07, 6.45) is 2.10. The number of amides is 1. The van der Waals surface area contributed by atoms with Crippen LogP contribution in [-0.4, -0.2) is 27.2 Å². The Kier molecular flexibility index (Phi) is 6.04. The van der Waals surface area contributed by atoms with Gasteiger partial charge in [-0.3, -0.25) is 9.89 Å². The predicted octanol–water partition coefficient (Wildman–Crippen LogP) is 2.79. The summed E-state index contributed by atoms with van der Waals surface area (Å²) in [5.74, 6) is 0.382. The van der Waals surface area contributed by atoms with E-state index in [1.54, 1.807) is 6.08 Å². The molecule has 0 aliphatic carbocycles. The molecule has 1 amide bonds. The SMILES string of the molecule is CC(C)n1c(CCNC(=O)/C(C#N)=C/c2ccccc2)n[nH]c1=S. The second-order valence-corrected chi connectivity index (χ2v) is 5.88. The molecule has 0 saturated heterocycles. The maximum atomic E-state index is 12.1. The van der Waals surface area contributed by atoms with Crippen LogP contribution >= 0.6 is 12.2 Å². The lowest BCUT2D eigenvalue weighted by Gasteiger charge is -2.10. The zero-order valence-corrected chi connectivity index (χ0v) is 14.4. The van der Waals surface area contributed by atoms with Gasteiger partial charge in [-0.2, -0.15) is 10.4 Å². The molecule has 0 fully saturated rings. The standard InChI is InChI=1S/C17H19N5OS/c1-12(2)22-15(20-21-17(22)24)8-9-19-16(23)14(11-18)10-13-6-4-3-5-7-13/h3-7,10,12H,8-9H2,1-2H3,(H,19,23)(H,21,24)/b14-10+. The molecule has 0 aliphatic heterocycles. The first kappa shape index (κ1) is 17.6. The lowest BCUT2D eigenvalue weighted by Crippen LogP contribution is -2.27. The van der Waals surface area contributed by atoms with Crippen LogP contribution in [0.15, 0.2) is 35.9 Å². The summed E-state index contributed by atoms with van der Waals surface area (Å²) < 4.78 is 2.47. The minimum atomic E-state index is -0.397. The van der Waals surface area contributed by atoms with Crippen molar-refractivity contribution in [3.63, 3.8) is 0 Å². The molecule has 0 aliphatic rings. The molecule has 2 rings (SSSR count). The number of carbonyl (C=O) groups is 1. The Morgan fingerprint density at radius 3 is 2.79 bits per heavy atom. The van der Waals surface area contributed by atoms with E-state index in [4.69, 9.17) is 12.2 Å². The van der Waals surface area contributed by atoms with Crippen molar-refractivity contribution in [3.8, 4) is 6.07 Å². The lowest BCUT2D eigenvalue weighted by molar-refractivity contribution is -0.117. The molecule has 0 atom stereocenters. The smallest absolute Gasteiger partial charge is 0.261 e. The van der Waals surface area contributed by atoms with Crippen LogP contribution in [0.3, 0.4) is 0 Å². The average molecular weight is 341 g/mol. The molecular formula is C17H19N5OS. The first-order chi connectivity index (χ1) is 11.5. The highest BCUT2D eigenvalue weighted by Gasteiger charge is 2.11. The number of nitrogens with zero attached hydrogens (tertiary/aromatic N) is 3. The van der Waals surface area contributed by atoms with Crippen LogP contribution < -0.4 is 5.32 Å². The molecule has 7 heteroatoms. The van der Waals surface area contributed by atoms with Gasteiger partial charge in [-0.25, -0.2) is 0 Å². The molecule has 0 radical (unpaired) electrons. The summed E-state index contributed by atoms with van der Waals surface area (Å²) in [6.45, 7) is 4.41. The van der Waals surface area contributed by atoms with E-state index in [1.165, 1.54) is 0 Å². The van der Waals surface area contributed by atoms with Crippen LogP contribution in [0.5, 0.6) is 0 Å². The second-order valence-electron chi connectivity index (χ2n) is 5.50. The molecular weight excluding hydrogens is 322 g/mol. The fourth-order valence-corrected chi connectivity index (χ4v) is 2.66. The van der Waals surface area contributed by atoms with Gasteiger partial charge >= 0.3 is 0 Å². The highest BCUT2D eigenvalue weighted by atomic mass is 32.1. The van der Waals surface area contributed by atoms with Gasteiger partial charge in [0.1, 0.15) is 17.5 Å². The third-order valence-corrected chi connectivity index (χ3v) is 3.69. The topological polar surface area (TPSA) is 86.5 Å². The Morgan fingerprint density at radius 2 is 2.17 bits per heavy atom. The predicted molar refractivity (Wildman–Crippen MR) is 94.5 cm³/mol. The van der Waals surface area contributed by atoms with Crippen molar-refractivity contribution in [1.29, 1.82) is 5.26 Å². The van der Waals surface area contributed by atoms with Crippen molar-refractivity contribution in [2.75, 3.05) is 6.54 Å². The molecule has 2 aromatic rings. The van der Waals surface area contributed by atoms with Crippen LogP contribution in [0.1, 0.15) is 31.3 Å². The van der Waals surface area contributed by atoms with Gasteiger partial charge in [0.2, 0.25) is 0 Å². The second kappa shape index (κ2) is 8.22. The zero-order chi connectivity index (χ0) is 17.5. The Balaban J connectivity index is 1.99. The van der Waals surface area contributed by atoms with Gasteiger partial charge in [0, 0.05) is 19.0 Å². The monoisotopic (exact) mass is 341 g/mol. The summed E-state index contributed by atoms with van der Waals surface area (Å²) >= 11 is 5.19. The van der Waals surface area contributed by atoms with Crippen molar-refractivity contribution >= 4 is 24.2 Å². The van der Waals surface area contributed by atoms with E-state index >= 15 is 0 Å². The minimum absolute atomic E-state index is 0.0731. The molecule has 1 aromatic carbocycles. The van der Waals surface area contributed by atoms with Crippen molar-refractivity contribution in [1.82, 2.24) is 20.1 Å². The maximum Gasteiger partial charge on any atom is 0.261 e. The fraction of sp³-hybridized carbons (Fsp3) is 0.294. The van der Waals surface area contributed by atoms with Gasteiger partial charge in [0.05, 0.1) is 0 Å². The molecule has 1 heterocycles. The van der Waals surface area contributed by atoms with E-state index in [0.717, 1.165) is 11.4 Å². The van der Waals surface area contributed by atoms with E-state index in [9.17, 15) is 10.1 Å². The summed E-state index contributed by atoms with van der Waals surface area (Å²) in [4.78, 5) is 12.1. The number of hydrogen-bond donors (Lipinski definition) is 2. The summed E-state index contributed by atoms with van der Waals surface area (Å²) in [5.41, 5.74) is 0.883. The third kappa shape index (κ3) is 4.40. The van der Waals surface area contributed by atoms with Crippen LogP contribution in [0.4, 0.5) is 0 Å². The molecule has 0 spiro atoms. The average Bonchev–Trinajstić information content (AvgIpc) is 2.94. The van der Waals surface area contributed by atoms with Crippen LogP contribution in [0.2, 0.25) is 0 Å². The Hall–Kier alpha value is -2.72. The van der Waals surface area contributed by atoms with Crippen molar-refractivity contribution in [2.24, 2.45) is 0 Å². The number of hydrogen-bond acceptors (Lipinski definition) is 4. The summed E-state index contributed by atoms with van der Waals surface area (Å²) in [6, 6.07) is 11.4. The van der Waals surface area contributed by atoms with Gasteiger partial charge in [0.25, 0.3) is 5.91 Å². The molecule has 124 valence electrons. The first-order valence-corrected chi connectivity index (χ1v) is 8.04. The van der Waals surface area contributed by atoms with E-state index in [2.05, 4.69) is 15.5 Å². The lowest BCUT2D eigenvalue weighted by atomic mass is 10.1. The van der Waals surface area contributed by atoms with Gasteiger partial charge in [-0.05, 0) is 37.7 Å². The first-order valence-electron chi connectivity index (χ1n) is 7.63. The molecule has 6 nitrogen and oxygen atoms in total. The number of H-pyrrole nitrogens is 1. The van der Waals surface area contributed by atoms with Crippen molar-refractivity contribution < 1.29 is 4.79 Å². The number of nitrogens with one attached hydrogen (secondary N) is 2. The van der Waals surface area contributed by atoms with Crippen LogP contribution in [0.25, 0.3) is 6.08 Å². The molecule has 0 saturated carbocycles. The Bertz CT molecular complexity index is 827. The van der Waals surface area contributed by atoms with Crippen LogP contribution in [-0.2, 0) is 11.2 Å². The van der Waals surface area contributed by atoms with Gasteiger partial charge in [0.15, 0.2) is 4.77 Å². The highest BCUT2D eigenvalue weighted by molar-refractivity contribution is 7.71. The summed E-state index contributed by atoms with van der Waals surface area (Å²) in [5, 5.41) is 18.9. The number of aromatic nitrogens is 3. The molecule has 0 bridgehead atoms. The zero-order valence-electron chi connectivity index (χ0n) is 13.6. The minimum Gasteiger partial charge on any atom is -0.351 e.